The summed E-state index contributed by atoms with van der Waals surface area (Å²) in [6, 6.07) is 4.22. The fourth-order valence-corrected chi connectivity index (χ4v) is 4.32. The second-order valence-corrected chi connectivity index (χ2v) is 8.11. The summed E-state index contributed by atoms with van der Waals surface area (Å²) in [5, 5.41) is 0. The molecule has 3 nitrogen and oxygen atoms in total. The van der Waals surface area contributed by atoms with E-state index in [9.17, 15) is 4.79 Å². The molecule has 0 saturated carbocycles. The van der Waals surface area contributed by atoms with Crippen molar-refractivity contribution in [3.63, 3.8) is 0 Å². The Balaban J connectivity index is 2.05. The highest BCUT2D eigenvalue weighted by Crippen LogP contribution is 2.55. The summed E-state index contributed by atoms with van der Waals surface area (Å²) in [4.78, 5) is 11.7. The van der Waals surface area contributed by atoms with Gasteiger partial charge in [0.25, 0.3) is 0 Å². The molecular weight excluding hydrogens is 312 g/mol. The first kappa shape index (κ1) is 18.0. The molecule has 0 aromatic heterocycles. The zero-order valence-corrected chi connectivity index (χ0v) is 16.1. The Bertz CT molecular complexity index is 699. The van der Waals surface area contributed by atoms with Crippen molar-refractivity contribution < 1.29 is 14.3 Å². The van der Waals surface area contributed by atoms with Gasteiger partial charge in [-0.1, -0.05) is 31.4 Å². The number of hydrogen-bond acceptors (Lipinski definition) is 3. The van der Waals surface area contributed by atoms with Crippen molar-refractivity contribution in [1.82, 2.24) is 0 Å². The molecule has 2 aliphatic rings. The number of hydrogen-bond donors (Lipinski definition) is 0. The van der Waals surface area contributed by atoms with E-state index in [0.717, 1.165) is 30.6 Å². The summed E-state index contributed by atoms with van der Waals surface area (Å²) in [5.41, 5.74) is 3.41. The number of carbonyl (C=O) groups excluding carboxylic acids is 1. The minimum atomic E-state index is -0.270. The maximum Gasteiger partial charge on any atom is 0.308 e. The van der Waals surface area contributed by atoms with Crippen molar-refractivity contribution in [3.05, 3.63) is 34.9 Å². The normalized spacial score (nSPS) is 23.3. The second kappa shape index (κ2) is 6.86. The molecule has 1 aliphatic heterocycles. The molecule has 0 bridgehead atoms. The van der Waals surface area contributed by atoms with Crippen LogP contribution in [0.15, 0.2) is 23.8 Å². The van der Waals surface area contributed by atoms with E-state index in [0.29, 0.717) is 11.7 Å². The van der Waals surface area contributed by atoms with Crippen molar-refractivity contribution in [2.45, 2.75) is 78.2 Å². The van der Waals surface area contributed by atoms with Crippen LogP contribution < -0.4 is 9.47 Å². The third-order valence-corrected chi connectivity index (χ3v) is 5.53. The SMILES string of the molecule is CCCCCc1cc(OC(C)=O)c2c(c1)OC(C)(C)C1CC(C)=CC21. The van der Waals surface area contributed by atoms with Crippen LogP contribution in [0.5, 0.6) is 11.5 Å². The second-order valence-electron chi connectivity index (χ2n) is 8.11. The Morgan fingerprint density at radius 1 is 1.32 bits per heavy atom. The summed E-state index contributed by atoms with van der Waals surface area (Å²) in [7, 11) is 0. The van der Waals surface area contributed by atoms with E-state index < -0.39 is 0 Å². The first-order valence-corrected chi connectivity index (χ1v) is 9.53. The van der Waals surface area contributed by atoms with Gasteiger partial charge < -0.3 is 9.47 Å². The quantitative estimate of drug-likeness (QED) is 0.304. The zero-order valence-electron chi connectivity index (χ0n) is 16.1. The van der Waals surface area contributed by atoms with Crippen molar-refractivity contribution >= 4 is 5.97 Å². The fraction of sp³-hybridized carbons (Fsp3) is 0.591. The van der Waals surface area contributed by atoms with E-state index in [4.69, 9.17) is 9.47 Å². The molecule has 0 N–H and O–H groups in total. The summed E-state index contributed by atoms with van der Waals surface area (Å²) in [6.07, 6.45) is 7.90. The van der Waals surface area contributed by atoms with Crippen LogP contribution in [0.1, 0.15) is 77.3 Å². The van der Waals surface area contributed by atoms with Gasteiger partial charge in [-0.25, -0.2) is 0 Å². The minimum absolute atomic E-state index is 0.221. The molecule has 0 fully saturated rings. The first-order valence-electron chi connectivity index (χ1n) is 9.53. The lowest BCUT2D eigenvalue weighted by atomic mass is 9.75. The number of aryl methyl sites for hydroxylation is 1. The summed E-state index contributed by atoms with van der Waals surface area (Å²) >= 11 is 0. The molecule has 1 heterocycles. The highest BCUT2D eigenvalue weighted by molar-refractivity contribution is 5.71. The molecule has 3 rings (SSSR count). The van der Waals surface area contributed by atoms with Crippen LogP contribution in [-0.4, -0.2) is 11.6 Å². The predicted octanol–water partition coefficient (Wildman–Crippen LogP) is 5.57. The lowest BCUT2D eigenvalue weighted by Gasteiger charge is -2.42. The van der Waals surface area contributed by atoms with E-state index in [1.54, 1.807) is 0 Å². The zero-order chi connectivity index (χ0) is 18.2. The smallest absolute Gasteiger partial charge is 0.308 e. The molecule has 0 amide bonds. The lowest BCUT2D eigenvalue weighted by molar-refractivity contribution is -0.132. The van der Waals surface area contributed by atoms with Crippen molar-refractivity contribution in [2.75, 3.05) is 0 Å². The molecule has 3 heteroatoms. The Labute approximate surface area is 151 Å². The van der Waals surface area contributed by atoms with E-state index in [1.807, 2.05) is 0 Å². The number of allylic oxidation sites excluding steroid dienone is 2. The van der Waals surface area contributed by atoms with Gasteiger partial charge in [-0.2, -0.15) is 0 Å². The Morgan fingerprint density at radius 2 is 2.08 bits per heavy atom. The topological polar surface area (TPSA) is 35.5 Å². The number of unbranched alkanes of at least 4 members (excludes halogenated alkanes) is 2. The van der Waals surface area contributed by atoms with Crippen molar-refractivity contribution in [1.29, 1.82) is 0 Å². The van der Waals surface area contributed by atoms with Crippen LogP contribution in [0.3, 0.4) is 0 Å². The number of benzene rings is 1. The Kier molecular flexibility index (Phi) is 4.95. The standard InChI is InChI=1S/C22H30O3/c1-6-7-8-9-16-12-19(24-15(3)23)21-17-10-14(2)11-18(17)22(4,5)25-20(21)13-16/h10,12-13,17-18H,6-9,11H2,1-5H3. The number of rotatable bonds is 5. The molecule has 1 aliphatic carbocycles. The van der Waals surface area contributed by atoms with Gasteiger partial charge in [-0.05, 0) is 57.7 Å². The van der Waals surface area contributed by atoms with E-state index in [-0.39, 0.29) is 17.5 Å². The summed E-state index contributed by atoms with van der Waals surface area (Å²) in [6.45, 7) is 10.2. The van der Waals surface area contributed by atoms with Gasteiger partial charge in [0, 0.05) is 24.3 Å². The summed E-state index contributed by atoms with van der Waals surface area (Å²) in [5.74, 6) is 1.96. The first-order chi connectivity index (χ1) is 11.8. The molecule has 0 radical (unpaired) electrons. The Hall–Kier alpha value is -1.77. The number of fused-ring (bicyclic) bond motifs is 3. The predicted molar refractivity (Wildman–Crippen MR) is 100 cm³/mol. The van der Waals surface area contributed by atoms with Gasteiger partial charge in [-0.3, -0.25) is 4.79 Å². The molecule has 136 valence electrons. The third kappa shape index (κ3) is 3.61. The Morgan fingerprint density at radius 3 is 2.76 bits per heavy atom. The van der Waals surface area contributed by atoms with Crippen molar-refractivity contribution in [2.24, 2.45) is 5.92 Å². The van der Waals surface area contributed by atoms with Crippen LogP contribution in [0.2, 0.25) is 0 Å². The maximum atomic E-state index is 11.7. The summed E-state index contributed by atoms with van der Waals surface area (Å²) < 4.78 is 12.0. The molecule has 0 saturated heterocycles. The maximum absolute atomic E-state index is 11.7. The van der Waals surface area contributed by atoms with E-state index >= 15 is 0 Å². The van der Waals surface area contributed by atoms with E-state index in [2.05, 4.69) is 45.9 Å². The van der Waals surface area contributed by atoms with Crippen molar-refractivity contribution in [3.8, 4) is 11.5 Å². The monoisotopic (exact) mass is 342 g/mol. The number of esters is 1. The molecule has 1 aromatic carbocycles. The average molecular weight is 342 g/mol. The average Bonchev–Trinajstić information content (AvgIpc) is 2.89. The van der Waals surface area contributed by atoms with Crippen LogP contribution in [0.4, 0.5) is 0 Å². The van der Waals surface area contributed by atoms with Gasteiger partial charge in [-0.15, -0.1) is 0 Å². The van der Waals surface area contributed by atoms with Gasteiger partial charge in [0.05, 0.1) is 0 Å². The molecular formula is C22H30O3. The number of ether oxygens (including phenoxy) is 2. The molecule has 1 aromatic rings. The van der Waals surface area contributed by atoms with Crippen LogP contribution in [0.25, 0.3) is 0 Å². The van der Waals surface area contributed by atoms with Gasteiger partial charge in [0.15, 0.2) is 0 Å². The largest absolute Gasteiger partial charge is 0.487 e. The van der Waals surface area contributed by atoms with Crippen LogP contribution in [0, 0.1) is 5.92 Å². The van der Waals surface area contributed by atoms with Crippen LogP contribution in [-0.2, 0) is 11.2 Å². The van der Waals surface area contributed by atoms with Crippen LogP contribution >= 0.6 is 0 Å². The highest BCUT2D eigenvalue weighted by Gasteiger charge is 2.46. The van der Waals surface area contributed by atoms with E-state index in [1.165, 1.54) is 30.9 Å². The number of carbonyl (C=O) groups is 1. The minimum Gasteiger partial charge on any atom is -0.487 e. The molecule has 2 atom stereocenters. The third-order valence-electron chi connectivity index (χ3n) is 5.53. The lowest BCUT2D eigenvalue weighted by Crippen LogP contribution is -2.43. The van der Waals surface area contributed by atoms with Gasteiger partial charge in [0.1, 0.15) is 17.1 Å². The highest BCUT2D eigenvalue weighted by atomic mass is 16.5. The molecule has 25 heavy (non-hydrogen) atoms. The fourth-order valence-electron chi connectivity index (χ4n) is 4.32. The van der Waals surface area contributed by atoms with Gasteiger partial charge >= 0.3 is 5.97 Å². The van der Waals surface area contributed by atoms with Gasteiger partial charge in [0.2, 0.25) is 0 Å². The molecule has 2 unspecified atom stereocenters. The molecule has 0 spiro atoms.